The van der Waals surface area contributed by atoms with Crippen molar-refractivity contribution in [2.24, 2.45) is 0 Å². The molecule has 0 aliphatic rings. The summed E-state index contributed by atoms with van der Waals surface area (Å²) in [6.07, 6.45) is 49.8. The Labute approximate surface area is 355 Å². The second kappa shape index (κ2) is 47.1. The van der Waals surface area contributed by atoms with Gasteiger partial charge in [-0.2, -0.15) is 0 Å². The fourth-order valence-electron chi connectivity index (χ4n) is 7.74. The Bertz CT molecular complexity index is 844. The Balaban J connectivity index is 4.10. The third-order valence-electron chi connectivity index (χ3n) is 11.6. The van der Waals surface area contributed by atoms with Gasteiger partial charge in [-0.05, 0) is 19.3 Å². The molecule has 0 aromatic heterocycles. The molecule has 0 saturated heterocycles. The zero-order valence-corrected chi connectivity index (χ0v) is 38.6. The highest BCUT2D eigenvalue weighted by Crippen LogP contribution is 2.17. The van der Waals surface area contributed by atoms with E-state index < -0.39 is 6.10 Å². The van der Waals surface area contributed by atoms with Gasteiger partial charge >= 0.3 is 17.9 Å². The molecule has 0 aromatic rings. The highest BCUT2D eigenvalue weighted by Gasteiger charge is 2.19. The quantitative estimate of drug-likeness (QED) is 0.0346. The maximum absolute atomic E-state index is 12.7. The highest BCUT2D eigenvalue weighted by atomic mass is 16.6. The molecule has 0 spiro atoms. The lowest BCUT2D eigenvalue weighted by atomic mass is 10.0. The lowest BCUT2D eigenvalue weighted by molar-refractivity contribution is -0.167. The van der Waals surface area contributed by atoms with Gasteiger partial charge in [-0.3, -0.25) is 14.4 Å². The van der Waals surface area contributed by atoms with Crippen LogP contribution in [0.5, 0.6) is 0 Å². The standard InChI is InChI=1S/C51H98O6/c1-4-7-10-13-15-17-19-21-23-25-26-28-29-31-33-35-38-41-44-50(53)56-47-48(46-55-49(52)43-40-37-12-9-6-3)57-51(54)45-42-39-36-34-32-30-27-24-22-20-18-16-14-11-8-5-2/h48H,4-47H2,1-3H3/t48-/m0/s1. The van der Waals surface area contributed by atoms with Crippen molar-refractivity contribution in [3.8, 4) is 0 Å². The number of unbranched alkanes of at least 4 members (excludes halogenated alkanes) is 36. The van der Waals surface area contributed by atoms with Crippen LogP contribution in [0, 0.1) is 0 Å². The zero-order valence-electron chi connectivity index (χ0n) is 38.6. The summed E-state index contributed by atoms with van der Waals surface area (Å²) < 4.78 is 16.7. The van der Waals surface area contributed by atoms with Crippen molar-refractivity contribution in [3.05, 3.63) is 0 Å². The molecular weight excluding hydrogens is 709 g/mol. The van der Waals surface area contributed by atoms with Crippen LogP contribution in [0.4, 0.5) is 0 Å². The van der Waals surface area contributed by atoms with Gasteiger partial charge in [0.1, 0.15) is 13.2 Å². The molecule has 6 heteroatoms. The summed E-state index contributed by atoms with van der Waals surface area (Å²) >= 11 is 0. The average molecular weight is 807 g/mol. The van der Waals surface area contributed by atoms with Crippen molar-refractivity contribution in [1.29, 1.82) is 0 Å². The Hall–Kier alpha value is -1.59. The van der Waals surface area contributed by atoms with E-state index in [1.807, 2.05) is 0 Å². The van der Waals surface area contributed by atoms with Crippen LogP contribution in [0.15, 0.2) is 0 Å². The summed E-state index contributed by atoms with van der Waals surface area (Å²) in [5.74, 6) is -0.858. The number of esters is 3. The number of carbonyl (C=O) groups is 3. The smallest absolute Gasteiger partial charge is 0.306 e. The summed E-state index contributed by atoms with van der Waals surface area (Å²) in [4.78, 5) is 37.6. The summed E-state index contributed by atoms with van der Waals surface area (Å²) in [5, 5.41) is 0. The van der Waals surface area contributed by atoms with E-state index in [0.717, 1.165) is 64.2 Å². The first kappa shape index (κ1) is 55.4. The van der Waals surface area contributed by atoms with E-state index in [0.29, 0.717) is 19.3 Å². The highest BCUT2D eigenvalue weighted by molar-refractivity contribution is 5.71. The van der Waals surface area contributed by atoms with Gasteiger partial charge in [-0.25, -0.2) is 0 Å². The monoisotopic (exact) mass is 807 g/mol. The van der Waals surface area contributed by atoms with Crippen LogP contribution in [0.1, 0.15) is 290 Å². The lowest BCUT2D eigenvalue weighted by Gasteiger charge is -2.18. The molecule has 0 heterocycles. The van der Waals surface area contributed by atoms with E-state index in [-0.39, 0.29) is 31.1 Å². The number of rotatable bonds is 47. The summed E-state index contributed by atoms with van der Waals surface area (Å²) in [6, 6.07) is 0. The van der Waals surface area contributed by atoms with Gasteiger partial charge in [0.25, 0.3) is 0 Å². The van der Waals surface area contributed by atoms with Crippen LogP contribution >= 0.6 is 0 Å². The molecule has 338 valence electrons. The molecule has 0 N–H and O–H groups in total. The minimum atomic E-state index is -0.758. The first-order valence-corrected chi connectivity index (χ1v) is 25.5. The second-order valence-corrected chi connectivity index (χ2v) is 17.5. The van der Waals surface area contributed by atoms with E-state index in [9.17, 15) is 14.4 Å². The van der Waals surface area contributed by atoms with Gasteiger partial charge in [0.05, 0.1) is 0 Å². The van der Waals surface area contributed by atoms with E-state index in [1.165, 1.54) is 186 Å². The molecule has 0 fully saturated rings. The molecule has 0 unspecified atom stereocenters. The van der Waals surface area contributed by atoms with Gasteiger partial charge < -0.3 is 14.2 Å². The van der Waals surface area contributed by atoms with Gasteiger partial charge in [0, 0.05) is 19.3 Å². The predicted molar refractivity (Wildman–Crippen MR) is 243 cm³/mol. The van der Waals surface area contributed by atoms with Crippen molar-refractivity contribution >= 4 is 17.9 Å². The Morgan fingerprint density at radius 2 is 0.474 bits per heavy atom. The zero-order chi connectivity index (χ0) is 41.5. The number of ether oxygens (including phenoxy) is 3. The lowest BCUT2D eigenvalue weighted by Crippen LogP contribution is -2.30. The fraction of sp³-hybridized carbons (Fsp3) is 0.941. The van der Waals surface area contributed by atoms with Crippen molar-refractivity contribution in [3.63, 3.8) is 0 Å². The van der Waals surface area contributed by atoms with Gasteiger partial charge in [-0.1, -0.05) is 252 Å². The maximum Gasteiger partial charge on any atom is 0.306 e. The molecule has 0 aliphatic carbocycles. The molecule has 6 nitrogen and oxygen atoms in total. The third-order valence-corrected chi connectivity index (χ3v) is 11.6. The predicted octanol–water partition coefficient (Wildman–Crippen LogP) is 16.4. The SMILES string of the molecule is CCCCCCCCCCCCCCCCCCCCC(=O)OC[C@H](COC(=O)CCCCCCC)OC(=O)CCCCCCCCCCCCCCCCCC. The van der Waals surface area contributed by atoms with Crippen molar-refractivity contribution in [2.75, 3.05) is 13.2 Å². The van der Waals surface area contributed by atoms with E-state index in [4.69, 9.17) is 14.2 Å². The number of hydrogen-bond donors (Lipinski definition) is 0. The molecule has 0 bridgehead atoms. The maximum atomic E-state index is 12.7. The molecule has 1 atom stereocenters. The molecule has 0 radical (unpaired) electrons. The van der Waals surface area contributed by atoms with Crippen molar-refractivity contribution in [1.82, 2.24) is 0 Å². The van der Waals surface area contributed by atoms with Crippen LogP contribution in [-0.4, -0.2) is 37.2 Å². The normalized spacial score (nSPS) is 11.8. The van der Waals surface area contributed by atoms with E-state index >= 15 is 0 Å². The first-order valence-electron chi connectivity index (χ1n) is 25.5. The Kier molecular flexibility index (Phi) is 45.8. The summed E-state index contributed by atoms with van der Waals surface area (Å²) in [6.45, 7) is 6.60. The van der Waals surface area contributed by atoms with Crippen molar-refractivity contribution in [2.45, 2.75) is 297 Å². The van der Waals surface area contributed by atoms with E-state index in [1.54, 1.807) is 0 Å². The van der Waals surface area contributed by atoms with Crippen LogP contribution in [-0.2, 0) is 28.6 Å². The molecule has 0 saturated carbocycles. The topological polar surface area (TPSA) is 78.9 Å². The minimum absolute atomic E-state index is 0.0631. The molecular formula is C51H98O6. The number of carbonyl (C=O) groups excluding carboxylic acids is 3. The van der Waals surface area contributed by atoms with Gasteiger partial charge in [0.15, 0.2) is 6.10 Å². The van der Waals surface area contributed by atoms with Crippen LogP contribution in [0.25, 0.3) is 0 Å². The summed E-state index contributed by atoms with van der Waals surface area (Å²) in [7, 11) is 0. The first-order chi connectivity index (χ1) is 28.0. The molecule has 0 rings (SSSR count). The molecule has 0 aromatic carbocycles. The fourth-order valence-corrected chi connectivity index (χ4v) is 7.74. The molecule has 0 aliphatic heterocycles. The molecule has 57 heavy (non-hydrogen) atoms. The summed E-state index contributed by atoms with van der Waals surface area (Å²) in [5.41, 5.74) is 0. The van der Waals surface area contributed by atoms with E-state index in [2.05, 4.69) is 20.8 Å². The molecule has 0 amide bonds. The largest absolute Gasteiger partial charge is 0.462 e. The number of hydrogen-bond acceptors (Lipinski definition) is 6. The van der Waals surface area contributed by atoms with Gasteiger partial charge in [-0.15, -0.1) is 0 Å². The van der Waals surface area contributed by atoms with Crippen LogP contribution in [0.2, 0.25) is 0 Å². The Morgan fingerprint density at radius 3 is 0.702 bits per heavy atom. The van der Waals surface area contributed by atoms with Gasteiger partial charge in [0.2, 0.25) is 0 Å². The van der Waals surface area contributed by atoms with Crippen molar-refractivity contribution < 1.29 is 28.6 Å². The Morgan fingerprint density at radius 1 is 0.281 bits per heavy atom. The second-order valence-electron chi connectivity index (χ2n) is 17.5. The van der Waals surface area contributed by atoms with Crippen LogP contribution in [0.3, 0.4) is 0 Å². The third kappa shape index (κ3) is 45.3. The van der Waals surface area contributed by atoms with Crippen LogP contribution < -0.4 is 0 Å². The average Bonchev–Trinajstić information content (AvgIpc) is 3.21. The minimum Gasteiger partial charge on any atom is -0.462 e.